The molecule has 0 atom stereocenters. The zero-order chi connectivity index (χ0) is 8.36. The molecule has 0 spiro atoms. The number of hydrogen-bond donors (Lipinski definition) is 0. The molecule has 0 bridgehead atoms. The van der Waals surface area contributed by atoms with Crippen molar-refractivity contribution in [2.75, 3.05) is 5.33 Å². The summed E-state index contributed by atoms with van der Waals surface area (Å²) < 4.78 is 0. The summed E-state index contributed by atoms with van der Waals surface area (Å²) in [6.07, 6.45) is 12.0. The normalized spacial score (nSPS) is 10.4. The summed E-state index contributed by atoms with van der Waals surface area (Å²) in [5.74, 6) is 0. The fraction of sp³-hybridized carbons (Fsp3) is 0.900. The molecule has 0 aromatic rings. The van der Waals surface area contributed by atoms with Gasteiger partial charge in [0.25, 0.3) is 0 Å². The van der Waals surface area contributed by atoms with E-state index in [0.29, 0.717) is 0 Å². The third kappa shape index (κ3) is 10.5. The van der Waals surface area contributed by atoms with E-state index >= 15 is 0 Å². The second-order valence-corrected chi connectivity index (χ2v) is 3.80. The number of hydrogen-bond acceptors (Lipinski definition) is 0. The highest BCUT2D eigenvalue weighted by Crippen LogP contribution is 2.08. The highest BCUT2D eigenvalue weighted by atomic mass is 79.9. The molecule has 0 N–H and O–H groups in total. The summed E-state index contributed by atoms with van der Waals surface area (Å²) in [6, 6.07) is 0. The van der Waals surface area contributed by atoms with Crippen LogP contribution in [-0.2, 0) is 0 Å². The van der Waals surface area contributed by atoms with Gasteiger partial charge in [0.1, 0.15) is 0 Å². The zero-order valence-corrected chi connectivity index (χ0v) is 9.20. The summed E-state index contributed by atoms with van der Waals surface area (Å²) in [5, 5.41) is 1.18. The van der Waals surface area contributed by atoms with Crippen molar-refractivity contribution in [1.29, 1.82) is 0 Å². The van der Waals surface area contributed by atoms with Gasteiger partial charge >= 0.3 is 0 Å². The van der Waals surface area contributed by atoms with Crippen LogP contribution in [0.4, 0.5) is 0 Å². The van der Waals surface area contributed by atoms with Gasteiger partial charge in [-0.15, -0.1) is 0 Å². The Labute approximate surface area is 79.9 Å². The lowest BCUT2D eigenvalue weighted by Gasteiger charge is -1.98. The summed E-state index contributed by atoms with van der Waals surface area (Å²) in [7, 11) is 0. The average Bonchev–Trinajstić information content (AvgIpc) is 2.03. The molecule has 0 heterocycles. The lowest BCUT2D eigenvalue weighted by Crippen LogP contribution is -1.80. The van der Waals surface area contributed by atoms with Gasteiger partial charge in [0.15, 0.2) is 0 Å². The van der Waals surface area contributed by atoms with Crippen LogP contribution in [0, 0.1) is 6.42 Å². The minimum Gasteiger partial charge on any atom is -0.0928 e. The Morgan fingerprint density at radius 2 is 1.45 bits per heavy atom. The van der Waals surface area contributed by atoms with E-state index in [0.717, 1.165) is 0 Å². The van der Waals surface area contributed by atoms with Crippen LogP contribution in [-0.4, -0.2) is 5.33 Å². The van der Waals surface area contributed by atoms with E-state index in [1.807, 2.05) is 0 Å². The average molecular weight is 220 g/mol. The topological polar surface area (TPSA) is 0 Å². The van der Waals surface area contributed by atoms with Crippen LogP contribution in [0.3, 0.4) is 0 Å². The molecule has 67 valence electrons. The Bertz CT molecular complexity index is 53.9. The predicted octanol–water partition coefficient (Wildman–Crippen LogP) is 4.34. The monoisotopic (exact) mass is 219 g/mol. The summed E-state index contributed by atoms with van der Waals surface area (Å²) in [6.45, 7) is 2.14. The van der Waals surface area contributed by atoms with Gasteiger partial charge in [0, 0.05) is 5.33 Å². The summed E-state index contributed by atoms with van der Waals surface area (Å²) >= 11 is 3.44. The molecule has 0 aromatic heterocycles. The Balaban J connectivity index is 2.69. The third-order valence-corrected chi connectivity index (χ3v) is 2.44. The Hall–Kier alpha value is 0.480. The minimum absolute atomic E-state index is 1.18. The van der Waals surface area contributed by atoms with Crippen molar-refractivity contribution in [2.45, 2.75) is 51.9 Å². The van der Waals surface area contributed by atoms with Crippen molar-refractivity contribution in [3.8, 4) is 0 Å². The number of halogens is 1. The molecule has 0 amide bonds. The molecule has 0 aromatic carbocycles. The molecule has 1 heteroatoms. The summed E-state index contributed by atoms with van der Waals surface area (Å²) in [5.41, 5.74) is 0. The quantitative estimate of drug-likeness (QED) is 0.421. The largest absolute Gasteiger partial charge is 0.0928 e. The van der Waals surface area contributed by atoms with Gasteiger partial charge in [-0.1, -0.05) is 61.4 Å². The first-order chi connectivity index (χ1) is 5.41. The standard InChI is InChI=1S/C10H20Br/c1-2-3-4-5-6-7-8-9-10-11/h2H,3-10H2,1H3. The highest BCUT2D eigenvalue weighted by molar-refractivity contribution is 9.09. The molecular formula is C10H20Br. The molecule has 1 radical (unpaired) electrons. The molecule has 0 fully saturated rings. The number of rotatable bonds is 8. The molecule has 0 aliphatic carbocycles. The second kappa shape index (κ2) is 10.5. The van der Waals surface area contributed by atoms with Crippen LogP contribution >= 0.6 is 15.9 Å². The minimum atomic E-state index is 1.18. The lowest BCUT2D eigenvalue weighted by atomic mass is 10.1. The van der Waals surface area contributed by atoms with E-state index in [2.05, 4.69) is 29.3 Å². The van der Waals surface area contributed by atoms with Crippen LogP contribution in [0.25, 0.3) is 0 Å². The van der Waals surface area contributed by atoms with Gasteiger partial charge in [-0.2, -0.15) is 0 Å². The molecule has 0 aliphatic rings. The van der Waals surface area contributed by atoms with Gasteiger partial charge in [-0.3, -0.25) is 0 Å². The van der Waals surface area contributed by atoms with Crippen molar-refractivity contribution >= 4 is 15.9 Å². The van der Waals surface area contributed by atoms with Crippen LogP contribution in [0.1, 0.15) is 51.9 Å². The Kier molecular flexibility index (Phi) is 10.9. The molecule has 0 rings (SSSR count). The van der Waals surface area contributed by atoms with E-state index in [1.165, 1.54) is 50.3 Å². The molecule has 11 heavy (non-hydrogen) atoms. The fourth-order valence-electron chi connectivity index (χ4n) is 1.15. The van der Waals surface area contributed by atoms with Crippen molar-refractivity contribution in [3.05, 3.63) is 6.42 Å². The van der Waals surface area contributed by atoms with Crippen molar-refractivity contribution in [2.24, 2.45) is 0 Å². The maximum absolute atomic E-state index is 3.44. The van der Waals surface area contributed by atoms with Crippen LogP contribution in [0.5, 0.6) is 0 Å². The third-order valence-electron chi connectivity index (χ3n) is 1.88. The molecule has 0 unspecified atom stereocenters. The van der Waals surface area contributed by atoms with E-state index in [9.17, 15) is 0 Å². The highest BCUT2D eigenvalue weighted by Gasteiger charge is 1.89. The maximum atomic E-state index is 3.44. The first-order valence-corrected chi connectivity index (χ1v) is 5.87. The number of unbranched alkanes of at least 4 members (excludes halogenated alkanes) is 7. The fourth-order valence-corrected chi connectivity index (χ4v) is 1.55. The molecule has 0 saturated heterocycles. The molecular weight excluding hydrogens is 200 g/mol. The van der Waals surface area contributed by atoms with E-state index in [1.54, 1.807) is 0 Å². The first kappa shape index (κ1) is 11.5. The van der Waals surface area contributed by atoms with Gasteiger partial charge in [-0.25, -0.2) is 0 Å². The van der Waals surface area contributed by atoms with Crippen LogP contribution in [0.15, 0.2) is 0 Å². The van der Waals surface area contributed by atoms with Crippen molar-refractivity contribution in [1.82, 2.24) is 0 Å². The van der Waals surface area contributed by atoms with E-state index in [-0.39, 0.29) is 0 Å². The van der Waals surface area contributed by atoms with Gasteiger partial charge in [0.2, 0.25) is 0 Å². The van der Waals surface area contributed by atoms with Gasteiger partial charge < -0.3 is 0 Å². The Morgan fingerprint density at radius 1 is 0.909 bits per heavy atom. The summed E-state index contributed by atoms with van der Waals surface area (Å²) in [4.78, 5) is 0. The van der Waals surface area contributed by atoms with E-state index < -0.39 is 0 Å². The maximum Gasteiger partial charge on any atom is 0.00313 e. The van der Waals surface area contributed by atoms with Crippen molar-refractivity contribution < 1.29 is 0 Å². The molecule has 0 nitrogen and oxygen atoms in total. The smallest absolute Gasteiger partial charge is 0.00313 e. The van der Waals surface area contributed by atoms with Crippen LogP contribution in [0.2, 0.25) is 0 Å². The molecule has 0 saturated carbocycles. The van der Waals surface area contributed by atoms with Crippen molar-refractivity contribution in [3.63, 3.8) is 0 Å². The van der Waals surface area contributed by atoms with Crippen LogP contribution < -0.4 is 0 Å². The van der Waals surface area contributed by atoms with Gasteiger partial charge in [0.05, 0.1) is 0 Å². The van der Waals surface area contributed by atoms with Gasteiger partial charge in [-0.05, 0) is 12.8 Å². The van der Waals surface area contributed by atoms with E-state index in [4.69, 9.17) is 0 Å². The second-order valence-electron chi connectivity index (χ2n) is 3.01. The number of alkyl halides is 1. The lowest BCUT2D eigenvalue weighted by molar-refractivity contribution is 0.608. The first-order valence-electron chi connectivity index (χ1n) is 4.75. The Morgan fingerprint density at radius 3 is 2.00 bits per heavy atom. The predicted molar refractivity (Wildman–Crippen MR) is 56.1 cm³/mol. The molecule has 0 aliphatic heterocycles. The zero-order valence-electron chi connectivity index (χ0n) is 7.61. The SMILES string of the molecule is C[CH]CCCCCCCCBr.